The highest BCUT2D eigenvalue weighted by Crippen LogP contribution is 2.28. The average Bonchev–Trinajstić information content (AvgIpc) is 2.84. The first-order valence-electron chi connectivity index (χ1n) is 12.0. The Morgan fingerprint density at radius 2 is 1.67 bits per heavy atom. The van der Waals surface area contributed by atoms with E-state index in [1.54, 1.807) is 0 Å². The van der Waals surface area contributed by atoms with Gasteiger partial charge in [-0.05, 0) is 50.1 Å². The molecule has 0 aliphatic heterocycles. The molecule has 2 heteroatoms. The van der Waals surface area contributed by atoms with E-state index in [0.717, 1.165) is 42.2 Å². The van der Waals surface area contributed by atoms with Crippen molar-refractivity contribution in [2.24, 2.45) is 4.99 Å². The summed E-state index contributed by atoms with van der Waals surface area (Å²) in [5.41, 5.74) is 6.86. The Kier molecular flexibility index (Phi) is 13.4. The van der Waals surface area contributed by atoms with Gasteiger partial charge in [-0.15, -0.1) is 0 Å². The van der Waals surface area contributed by atoms with Gasteiger partial charge in [0.15, 0.2) is 0 Å². The lowest BCUT2D eigenvalue weighted by Gasteiger charge is -2.28. The summed E-state index contributed by atoms with van der Waals surface area (Å²) in [6.45, 7) is 23.1. The molecule has 0 aromatic heterocycles. The van der Waals surface area contributed by atoms with Crippen LogP contribution in [-0.2, 0) is 0 Å². The summed E-state index contributed by atoms with van der Waals surface area (Å²) in [6.07, 6.45) is 8.22. The van der Waals surface area contributed by atoms with E-state index in [4.69, 9.17) is 4.99 Å². The van der Waals surface area contributed by atoms with Gasteiger partial charge < -0.3 is 0 Å². The van der Waals surface area contributed by atoms with Crippen LogP contribution in [0.3, 0.4) is 0 Å². The topological polar surface area (TPSA) is 15.6 Å². The Labute approximate surface area is 202 Å². The molecule has 2 aromatic carbocycles. The summed E-state index contributed by atoms with van der Waals surface area (Å²) in [4.78, 5) is 7.40. The first-order valence-corrected chi connectivity index (χ1v) is 12.0. The first-order chi connectivity index (χ1) is 16.0. The van der Waals surface area contributed by atoms with Gasteiger partial charge in [0, 0.05) is 30.3 Å². The van der Waals surface area contributed by atoms with Crippen molar-refractivity contribution >= 4 is 17.0 Å². The zero-order chi connectivity index (χ0) is 24.6. The summed E-state index contributed by atoms with van der Waals surface area (Å²) < 4.78 is 0. The standard InChI is InChI=1S/C29H36N2.C2H6/c1-7-10-16-25(8-2)28(26-17-12-11-13-18-26)22-31(9-3)21-24(6)30-29-20-15-14-19-27(29)23(4)5;1-2/h7-8,10-20,28H,1,4,9,21-22H2,2-3,5-6H3;1-2H3/b16-10-,25-8+,30-24?;. The molecule has 176 valence electrons. The maximum Gasteiger partial charge on any atom is 0.0704 e. The molecule has 33 heavy (non-hydrogen) atoms. The highest BCUT2D eigenvalue weighted by molar-refractivity contribution is 5.88. The third-order valence-corrected chi connectivity index (χ3v) is 5.38. The summed E-state index contributed by atoms with van der Waals surface area (Å²) in [5, 5.41) is 0. The molecule has 0 fully saturated rings. The number of rotatable bonds is 11. The quantitative estimate of drug-likeness (QED) is 0.251. The maximum atomic E-state index is 4.93. The Hall–Kier alpha value is -2.97. The predicted molar refractivity (Wildman–Crippen MR) is 150 cm³/mol. The minimum atomic E-state index is 0.290. The Bertz CT molecular complexity index is 948. The van der Waals surface area contributed by atoms with Crippen LogP contribution in [0, 0.1) is 0 Å². The van der Waals surface area contributed by atoms with Gasteiger partial charge in [-0.3, -0.25) is 9.89 Å². The molecule has 0 aliphatic rings. The van der Waals surface area contributed by atoms with Crippen LogP contribution in [0.4, 0.5) is 5.69 Å². The number of para-hydroxylation sites is 1. The molecule has 0 radical (unpaired) electrons. The van der Waals surface area contributed by atoms with E-state index in [9.17, 15) is 0 Å². The average molecular weight is 443 g/mol. The number of aliphatic imine (C=N–C) groups is 1. The summed E-state index contributed by atoms with van der Waals surface area (Å²) >= 11 is 0. The molecule has 1 atom stereocenters. The minimum absolute atomic E-state index is 0.290. The monoisotopic (exact) mass is 442 g/mol. The van der Waals surface area contributed by atoms with E-state index in [2.05, 4.69) is 93.4 Å². The fourth-order valence-electron chi connectivity index (χ4n) is 3.74. The first kappa shape index (κ1) is 28.1. The van der Waals surface area contributed by atoms with Crippen LogP contribution < -0.4 is 0 Å². The zero-order valence-corrected chi connectivity index (χ0v) is 21.5. The van der Waals surface area contributed by atoms with Crippen molar-refractivity contribution in [1.82, 2.24) is 4.90 Å². The van der Waals surface area contributed by atoms with Gasteiger partial charge in [-0.1, -0.05) is 107 Å². The van der Waals surface area contributed by atoms with Crippen molar-refractivity contribution in [2.45, 2.75) is 47.5 Å². The number of nitrogens with zero attached hydrogens (tertiary/aromatic N) is 2. The largest absolute Gasteiger partial charge is 0.297 e. The molecule has 0 saturated heterocycles. The molecule has 2 rings (SSSR count). The van der Waals surface area contributed by atoms with Crippen LogP contribution in [0.2, 0.25) is 0 Å². The molecule has 1 unspecified atom stereocenters. The van der Waals surface area contributed by atoms with Crippen molar-refractivity contribution in [2.75, 3.05) is 19.6 Å². The van der Waals surface area contributed by atoms with Gasteiger partial charge in [-0.25, -0.2) is 0 Å². The lowest BCUT2D eigenvalue weighted by atomic mass is 9.89. The smallest absolute Gasteiger partial charge is 0.0704 e. The number of benzene rings is 2. The van der Waals surface area contributed by atoms with Gasteiger partial charge in [0.1, 0.15) is 0 Å². The second-order valence-corrected chi connectivity index (χ2v) is 7.82. The number of allylic oxidation sites excluding steroid dienone is 5. The molecule has 0 aliphatic carbocycles. The molecule has 2 nitrogen and oxygen atoms in total. The van der Waals surface area contributed by atoms with Gasteiger partial charge in [0.05, 0.1) is 5.69 Å². The van der Waals surface area contributed by atoms with Crippen molar-refractivity contribution in [3.8, 4) is 0 Å². The number of hydrogen-bond acceptors (Lipinski definition) is 2. The van der Waals surface area contributed by atoms with Gasteiger partial charge in [-0.2, -0.15) is 0 Å². The van der Waals surface area contributed by atoms with Crippen LogP contribution in [0.1, 0.15) is 58.6 Å². The molecular weight excluding hydrogens is 400 g/mol. The van der Waals surface area contributed by atoms with E-state index >= 15 is 0 Å². The molecule has 0 N–H and O–H groups in total. The van der Waals surface area contributed by atoms with E-state index in [1.165, 1.54) is 11.1 Å². The number of likely N-dealkylation sites (N-methyl/N-ethyl adjacent to an activating group) is 1. The predicted octanol–water partition coefficient (Wildman–Crippen LogP) is 8.63. The van der Waals surface area contributed by atoms with Crippen molar-refractivity contribution in [1.29, 1.82) is 0 Å². The van der Waals surface area contributed by atoms with E-state index in [0.29, 0.717) is 0 Å². The van der Waals surface area contributed by atoms with Crippen LogP contribution >= 0.6 is 0 Å². The lowest BCUT2D eigenvalue weighted by molar-refractivity contribution is 0.316. The normalized spacial score (nSPS) is 12.9. The van der Waals surface area contributed by atoms with E-state index in [1.807, 2.05) is 45.1 Å². The number of hydrogen-bond donors (Lipinski definition) is 0. The molecule has 0 heterocycles. The Balaban J connectivity index is 0.00000265. The van der Waals surface area contributed by atoms with Crippen molar-refractivity contribution in [3.63, 3.8) is 0 Å². The minimum Gasteiger partial charge on any atom is -0.297 e. The second kappa shape index (κ2) is 15.8. The third-order valence-electron chi connectivity index (χ3n) is 5.38. The summed E-state index contributed by atoms with van der Waals surface area (Å²) in [6, 6.07) is 19.0. The van der Waals surface area contributed by atoms with Gasteiger partial charge in [0.2, 0.25) is 0 Å². The van der Waals surface area contributed by atoms with Crippen LogP contribution in [0.25, 0.3) is 5.57 Å². The summed E-state index contributed by atoms with van der Waals surface area (Å²) in [7, 11) is 0. The molecule has 0 spiro atoms. The van der Waals surface area contributed by atoms with E-state index < -0.39 is 0 Å². The molecule has 0 amide bonds. The fraction of sp³-hybridized carbons (Fsp3) is 0.323. The van der Waals surface area contributed by atoms with Crippen molar-refractivity contribution in [3.05, 3.63) is 109 Å². The van der Waals surface area contributed by atoms with Crippen LogP contribution in [-0.4, -0.2) is 30.2 Å². The second-order valence-electron chi connectivity index (χ2n) is 7.82. The molecule has 0 saturated carbocycles. The fourth-order valence-corrected chi connectivity index (χ4v) is 3.74. The molecule has 2 aromatic rings. The van der Waals surface area contributed by atoms with Crippen LogP contribution in [0.15, 0.2) is 103 Å². The zero-order valence-electron chi connectivity index (χ0n) is 21.5. The van der Waals surface area contributed by atoms with Crippen LogP contribution in [0.5, 0.6) is 0 Å². The summed E-state index contributed by atoms with van der Waals surface area (Å²) in [5.74, 6) is 0.290. The van der Waals surface area contributed by atoms with Crippen molar-refractivity contribution < 1.29 is 0 Å². The maximum absolute atomic E-state index is 4.93. The Morgan fingerprint density at radius 1 is 1.03 bits per heavy atom. The highest BCUT2D eigenvalue weighted by atomic mass is 15.1. The molecular formula is C31H42N2. The SMILES string of the molecule is C=C/C=C\C(=C/C)C(CN(CC)CC(C)=Nc1ccccc1C(=C)C)c1ccccc1.CC. The van der Waals surface area contributed by atoms with Gasteiger partial charge >= 0.3 is 0 Å². The Morgan fingerprint density at radius 3 is 2.24 bits per heavy atom. The molecule has 0 bridgehead atoms. The van der Waals surface area contributed by atoms with Gasteiger partial charge in [0.25, 0.3) is 0 Å². The lowest BCUT2D eigenvalue weighted by Crippen LogP contribution is -2.33. The highest BCUT2D eigenvalue weighted by Gasteiger charge is 2.18. The third kappa shape index (κ3) is 9.19. The van der Waals surface area contributed by atoms with E-state index in [-0.39, 0.29) is 5.92 Å².